The number of rotatable bonds is 5. The first-order chi connectivity index (χ1) is 14.1. The quantitative estimate of drug-likeness (QED) is 0.605. The summed E-state index contributed by atoms with van der Waals surface area (Å²) >= 11 is 6.10. The van der Waals surface area contributed by atoms with E-state index in [9.17, 15) is 4.79 Å². The minimum absolute atomic E-state index is 0.0418. The molecule has 2 heterocycles. The van der Waals surface area contributed by atoms with Crippen LogP contribution in [0.25, 0.3) is 0 Å². The topological polar surface area (TPSA) is 60.2 Å². The van der Waals surface area contributed by atoms with Gasteiger partial charge in [-0.2, -0.15) is 10.1 Å². The number of hydrogen-bond donors (Lipinski definition) is 0. The third kappa shape index (κ3) is 3.60. The number of nitrogens with zero attached hydrogens (tertiary/aromatic N) is 4. The van der Waals surface area contributed by atoms with Gasteiger partial charge in [0.15, 0.2) is 0 Å². The fourth-order valence-corrected chi connectivity index (χ4v) is 4.11. The van der Waals surface area contributed by atoms with E-state index in [2.05, 4.69) is 10.1 Å². The maximum atomic E-state index is 13.1. The van der Waals surface area contributed by atoms with Crippen LogP contribution in [0.4, 0.5) is 5.95 Å². The summed E-state index contributed by atoms with van der Waals surface area (Å²) in [5.41, 5.74) is 2.04. The Bertz CT molecular complexity index is 1000. The normalized spacial score (nSPS) is 18.4. The molecule has 6 nitrogen and oxygen atoms in total. The van der Waals surface area contributed by atoms with E-state index in [1.165, 1.54) is 6.33 Å². The highest BCUT2D eigenvalue weighted by Crippen LogP contribution is 2.44. The highest BCUT2D eigenvalue weighted by molar-refractivity contribution is 6.30. The Morgan fingerprint density at radius 1 is 1.17 bits per heavy atom. The molecule has 2 atom stereocenters. The Morgan fingerprint density at radius 2 is 1.93 bits per heavy atom. The summed E-state index contributed by atoms with van der Waals surface area (Å²) in [6.45, 7) is 2.00. The Kier molecular flexibility index (Phi) is 5.53. The van der Waals surface area contributed by atoms with Gasteiger partial charge in [0.05, 0.1) is 19.2 Å². The van der Waals surface area contributed by atoms with Gasteiger partial charge >= 0.3 is 0 Å². The molecule has 0 bridgehead atoms. The monoisotopic (exact) mass is 410 g/mol. The van der Waals surface area contributed by atoms with E-state index in [1.807, 2.05) is 60.1 Å². The summed E-state index contributed by atoms with van der Waals surface area (Å²) in [7, 11) is 1.66. The summed E-state index contributed by atoms with van der Waals surface area (Å²) in [4.78, 5) is 19.3. The maximum Gasteiger partial charge on any atom is 0.231 e. The number of aromatic nitrogens is 3. The molecule has 0 radical (unpaired) electrons. The fourth-order valence-electron chi connectivity index (χ4n) is 3.98. The molecule has 0 aliphatic carbocycles. The molecule has 1 aliphatic heterocycles. The smallest absolute Gasteiger partial charge is 0.231 e. The van der Waals surface area contributed by atoms with E-state index in [4.69, 9.17) is 16.3 Å². The first kappa shape index (κ1) is 19.5. The first-order valence-electron chi connectivity index (χ1n) is 9.74. The molecule has 0 fully saturated rings. The van der Waals surface area contributed by atoms with Crippen LogP contribution in [-0.2, 0) is 4.79 Å². The van der Waals surface area contributed by atoms with E-state index in [0.717, 1.165) is 23.3 Å². The van der Waals surface area contributed by atoms with E-state index in [0.29, 0.717) is 23.8 Å². The molecule has 1 aromatic heterocycles. The zero-order chi connectivity index (χ0) is 20.4. The standard InChI is InChI=1S/C22H23ClN4O2/c1-3-6-21(28)26-18(15-9-11-16(23)12-10-15)13-19(27-22(26)24-14-25-27)17-7-4-5-8-20(17)29-2/h4-5,7-12,14,18-19H,3,6,13H2,1-2H3/t18-,19+/m0/s1. The van der Waals surface area contributed by atoms with E-state index < -0.39 is 0 Å². The molecule has 0 saturated carbocycles. The number of carbonyl (C=O) groups excluding carboxylic acids is 1. The third-order valence-corrected chi connectivity index (χ3v) is 5.56. The van der Waals surface area contributed by atoms with E-state index in [1.54, 1.807) is 12.0 Å². The van der Waals surface area contributed by atoms with Crippen LogP contribution in [0, 0.1) is 0 Å². The largest absolute Gasteiger partial charge is 0.496 e. The van der Waals surface area contributed by atoms with Gasteiger partial charge in [0.1, 0.15) is 12.1 Å². The molecule has 1 aliphatic rings. The molecular formula is C22H23ClN4O2. The van der Waals surface area contributed by atoms with Crippen LogP contribution in [0.5, 0.6) is 5.75 Å². The number of amides is 1. The highest BCUT2D eigenvalue weighted by Gasteiger charge is 2.39. The number of hydrogen-bond acceptors (Lipinski definition) is 4. The number of fused-ring (bicyclic) bond motifs is 1. The van der Waals surface area contributed by atoms with Crippen molar-refractivity contribution < 1.29 is 9.53 Å². The number of benzene rings is 2. The van der Waals surface area contributed by atoms with Gasteiger partial charge in [-0.15, -0.1) is 0 Å². The summed E-state index contributed by atoms with van der Waals surface area (Å²) in [5, 5.41) is 5.13. The molecule has 0 N–H and O–H groups in total. The Labute approximate surface area is 175 Å². The molecule has 1 amide bonds. The van der Waals surface area contributed by atoms with Crippen LogP contribution < -0.4 is 9.64 Å². The van der Waals surface area contributed by atoms with Crippen LogP contribution in [0.2, 0.25) is 5.02 Å². The van der Waals surface area contributed by atoms with Crippen molar-refractivity contribution in [1.29, 1.82) is 0 Å². The molecule has 150 valence electrons. The summed E-state index contributed by atoms with van der Waals surface area (Å²) < 4.78 is 7.43. The van der Waals surface area contributed by atoms with Crippen molar-refractivity contribution in [3.8, 4) is 5.75 Å². The SMILES string of the molecule is CCCC(=O)N1c2ncnn2[C@@H](c2ccccc2OC)C[C@H]1c1ccc(Cl)cc1. The Balaban J connectivity index is 1.85. The number of ether oxygens (including phenoxy) is 1. The zero-order valence-corrected chi connectivity index (χ0v) is 17.2. The summed E-state index contributed by atoms with van der Waals surface area (Å²) in [6, 6.07) is 15.3. The number of para-hydroxylation sites is 1. The molecule has 4 rings (SSSR count). The van der Waals surface area contributed by atoms with Gasteiger partial charge in [-0.3, -0.25) is 9.69 Å². The van der Waals surface area contributed by atoms with Crippen LogP contribution in [0.15, 0.2) is 54.9 Å². The predicted molar refractivity (Wildman–Crippen MR) is 112 cm³/mol. The van der Waals surface area contributed by atoms with E-state index >= 15 is 0 Å². The van der Waals surface area contributed by atoms with Gasteiger partial charge in [0, 0.05) is 17.0 Å². The minimum atomic E-state index is -0.169. The van der Waals surface area contributed by atoms with Crippen molar-refractivity contribution in [3.05, 3.63) is 71.0 Å². The average molecular weight is 411 g/mol. The summed E-state index contributed by atoms with van der Waals surface area (Å²) in [6.07, 6.45) is 3.39. The van der Waals surface area contributed by atoms with Crippen molar-refractivity contribution in [2.24, 2.45) is 0 Å². The molecule has 7 heteroatoms. The molecule has 0 saturated heterocycles. The van der Waals surface area contributed by atoms with Gasteiger partial charge in [-0.1, -0.05) is 48.9 Å². The number of halogens is 1. The van der Waals surface area contributed by atoms with Crippen LogP contribution in [0.1, 0.15) is 49.4 Å². The van der Waals surface area contributed by atoms with Gasteiger partial charge < -0.3 is 4.74 Å². The van der Waals surface area contributed by atoms with E-state index in [-0.39, 0.29) is 18.0 Å². The third-order valence-electron chi connectivity index (χ3n) is 5.31. The second kappa shape index (κ2) is 8.25. The van der Waals surface area contributed by atoms with Gasteiger partial charge in [-0.25, -0.2) is 4.68 Å². The second-order valence-corrected chi connectivity index (χ2v) is 7.52. The summed E-state index contributed by atoms with van der Waals surface area (Å²) in [5.74, 6) is 1.40. The second-order valence-electron chi connectivity index (χ2n) is 7.08. The number of methoxy groups -OCH3 is 1. The predicted octanol–water partition coefficient (Wildman–Crippen LogP) is 4.81. The Hall–Kier alpha value is -2.86. The zero-order valence-electron chi connectivity index (χ0n) is 16.5. The average Bonchev–Trinajstić information content (AvgIpc) is 3.23. The maximum absolute atomic E-state index is 13.1. The molecule has 0 unspecified atom stereocenters. The first-order valence-corrected chi connectivity index (χ1v) is 10.1. The lowest BCUT2D eigenvalue weighted by Gasteiger charge is -2.39. The fraction of sp³-hybridized carbons (Fsp3) is 0.318. The lowest BCUT2D eigenvalue weighted by Crippen LogP contribution is -2.42. The van der Waals surface area contributed by atoms with Crippen molar-refractivity contribution in [1.82, 2.24) is 14.8 Å². The van der Waals surface area contributed by atoms with Crippen LogP contribution in [0.3, 0.4) is 0 Å². The van der Waals surface area contributed by atoms with Crippen LogP contribution in [-0.4, -0.2) is 27.8 Å². The van der Waals surface area contributed by atoms with Crippen molar-refractivity contribution in [2.45, 2.75) is 38.3 Å². The Morgan fingerprint density at radius 3 is 2.66 bits per heavy atom. The number of carbonyl (C=O) groups is 1. The van der Waals surface area contributed by atoms with Crippen LogP contribution >= 0.6 is 11.6 Å². The van der Waals surface area contributed by atoms with Crippen molar-refractivity contribution in [2.75, 3.05) is 12.0 Å². The lowest BCUT2D eigenvalue weighted by atomic mass is 9.91. The van der Waals surface area contributed by atoms with Crippen molar-refractivity contribution in [3.63, 3.8) is 0 Å². The van der Waals surface area contributed by atoms with Gasteiger partial charge in [0.25, 0.3) is 0 Å². The molecule has 3 aromatic rings. The highest BCUT2D eigenvalue weighted by atomic mass is 35.5. The van der Waals surface area contributed by atoms with Crippen molar-refractivity contribution >= 4 is 23.5 Å². The van der Waals surface area contributed by atoms with Gasteiger partial charge in [-0.05, 0) is 36.6 Å². The molecule has 2 aromatic carbocycles. The molecule has 0 spiro atoms. The molecular weight excluding hydrogens is 388 g/mol. The minimum Gasteiger partial charge on any atom is -0.496 e. The lowest BCUT2D eigenvalue weighted by molar-refractivity contribution is -0.119. The number of anilines is 1. The van der Waals surface area contributed by atoms with Gasteiger partial charge in [0.2, 0.25) is 11.9 Å². The molecule has 29 heavy (non-hydrogen) atoms.